The molecule has 15 heavy (non-hydrogen) atoms. The van der Waals surface area contributed by atoms with E-state index in [4.69, 9.17) is 0 Å². The normalized spacial score (nSPS) is 11.6. The Bertz CT molecular complexity index is 407. The van der Waals surface area contributed by atoms with Crippen LogP contribution in [0.2, 0.25) is 0 Å². The van der Waals surface area contributed by atoms with E-state index in [0.29, 0.717) is 12.1 Å². The van der Waals surface area contributed by atoms with E-state index in [0.717, 1.165) is 6.92 Å². The Morgan fingerprint density at radius 2 is 1.80 bits per heavy atom. The second kappa shape index (κ2) is 3.64. The van der Waals surface area contributed by atoms with Crippen molar-refractivity contribution in [1.29, 1.82) is 0 Å². The van der Waals surface area contributed by atoms with Gasteiger partial charge in [-0.15, -0.1) is 0 Å². The second-order valence-corrected chi connectivity index (χ2v) is 3.18. The molecule has 0 radical (unpaired) electrons. The third kappa shape index (κ3) is 2.34. The Hall–Kier alpha value is -1.39. The minimum Gasteiger partial charge on any atom is -0.294 e. The number of alkyl halides is 3. The molecule has 0 amide bonds. The lowest BCUT2D eigenvalue weighted by molar-refractivity contribution is -0.137. The van der Waals surface area contributed by atoms with Crippen molar-refractivity contribution >= 4 is 5.78 Å². The summed E-state index contributed by atoms with van der Waals surface area (Å²) in [5.41, 5.74) is -1.44. The third-order valence-electron chi connectivity index (χ3n) is 2.05. The molecule has 82 valence electrons. The van der Waals surface area contributed by atoms with Gasteiger partial charge in [-0.2, -0.15) is 13.2 Å². The highest BCUT2D eigenvalue weighted by Crippen LogP contribution is 2.31. The quantitative estimate of drug-likeness (QED) is 0.524. The van der Waals surface area contributed by atoms with E-state index < -0.39 is 23.3 Å². The Balaban J connectivity index is 3.43. The summed E-state index contributed by atoms with van der Waals surface area (Å²) in [6.07, 6.45) is -4.64. The van der Waals surface area contributed by atoms with Crippen molar-refractivity contribution < 1.29 is 22.4 Å². The molecule has 0 heterocycles. The first kappa shape index (κ1) is 11.7. The van der Waals surface area contributed by atoms with Gasteiger partial charge in [0.25, 0.3) is 0 Å². The number of benzene rings is 1. The average molecular weight is 220 g/mol. The lowest BCUT2D eigenvalue weighted by Crippen LogP contribution is -2.09. The molecule has 0 spiro atoms. The average Bonchev–Trinajstić information content (AvgIpc) is 2.06. The first-order valence-electron chi connectivity index (χ1n) is 4.11. The summed E-state index contributed by atoms with van der Waals surface area (Å²) >= 11 is 0. The van der Waals surface area contributed by atoms with Crippen LogP contribution in [0.4, 0.5) is 17.6 Å². The summed E-state index contributed by atoms with van der Waals surface area (Å²) in [5.74, 6) is -1.60. The van der Waals surface area contributed by atoms with Gasteiger partial charge < -0.3 is 0 Å². The monoisotopic (exact) mass is 220 g/mol. The highest BCUT2D eigenvalue weighted by atomic mass is 19.4. The molecule has 1 rings (SSSR count). The van der Waals surface area contributed by atoms with E-state index in [1.807, 2.05) is 0 Å². The lowest BCUT2D eigenvalue weighted by Gasteiger charge is -2.10. The van der Waals surface area contributed by atoms with E-state index >= 15 is 0 Å². The summed E-state index contributed by atoms with van der Waals surface area (Å²) < 4.78 is 49.9. The number of rotatable bonds is 1. The molecule has 0 aliphatic rings. The molecule has 0 aliphatic carbocycles. The number of hydrogen-bond donors (Lipinski definition) is 0. The fraction of sp³-hybridized carbons (Fsp3) is 0.300. The first-order valence-corrected chi connectivity index (χ1v) is 4.11. The molecule has 0 unspecified atom stereocenters. The van der Waals surface area contributed by atoms with Gasteiger partial charge in [-0.05, 0) is 31.5 Å². The van der Waals surface area contributed by atoms with Gasteiger partial charge in [0.2, 0.25) is 0 Å². The Morgan fingerprint density at radius 3 is 2.20 bits per heavy atom. The first-order chi connectivity index (χ1) is 6.73. The van der Waals surface area contributed by atoms with Gasteiger partial charge in [0.1, 0.15) is 5.82 Å². The van der Waals surface area contributed by atoms with E-state index in [2.05, 4.69) is 0 Å². The van der Waals surface area contributed by atoms with Gasteiger partial charge >= 0.3 is 6.18 Å². The van der Waals surface area contributed by atoms with Gasteiger partial charge in [-0.3, -0.25) is 4.79 Å². The molecule has 0 bridgehead atoms. The summed E-state index contributed by atoms with van der Waals surface area (Å²) in [5, 5.41) is 0. The zero-order valence-electron chi connectivity index (χ0n) is 8.07. The summed E-state index contributed by atoms with van der Waals surface area (Å²) in [7, 11) is 0. The fourth-order valence-corrected chi connectivity index (χ4v) is 1.21. The summed E-state index contributed by atoms with van der Waals surface area (Å²) in [6, 6.07) is 1.06. The number of Topliss-reactive ketones (excluding diaryl/α,β-unsaturated/α-hetero) is 1. The van der Waals surface area contributed by atoms with Gasteiger partial charge in [-0.1, -0.05) is 0 Å². The molecule has 0 N–H and O–H groups in total. The van der Waals surface area contributed by atoms with E-state index in [1.54, 1.807) is 0 Å². The minimum atomic E-state index is -4.64. The molecule has 0 saturated carbocycles. The predicted molar refractivity (Wildman–Crippen MR) is 46.1 cm³/mol. The zero-order chi connectivity index (χ0) is 11.8. The summed E-state index contributed by atoms with van der Waals surface area (Å²) in [4.78, 5) is 11.0. The Morgan fingerprint density at radius 1 is 1.27 bits per heavy atom. The lowest BCUT2D eigenvalue weighted by atomic mass is 10.0. The van der Waals surface area contributed by atoms with E-state index in [9.17, 15) is 22.4 Å². The Labute approximate surface area is 83.7 Å². The van der Waals surface area contributed by atoms with Crippen molar-refractivity contribution in [2.75, 3.05) is 0 Å². The molecule has 0 saturated heterocycles. The van der Waals surface area contributed by atoms with Crippen LogP contribution in [0, 0.1) is 12.7 Å². The molecular formula is C10H8F4O. The van der Waals surface area contributed by atoms with Crippen LogP contribution >= 0.6 is 0 Å². The Kier molecular flexibility index (Phi) is 2.83. The molecule has 1 aromatic rings. The molecular weight excluding hydrogens is 212 g/mol. The SMILES string of the molecule is CC(=O)c1cc(C(F)(F)F)cc(F)c1C. The van der Waals surface area contributed by atoms with Crippen LogP contribution in [-0.4, -0.2) is 5.78 Å². The minimum absolute atomic E-state index is 0.0597. The second-order valence-electron chi connectivity index (χ2n) is 3.18. The summed E-state index contributed by atoms with van der Waals surface area (Å²) in [6.45, 7) is 2.37. The highest BCUT2D eigenvalue weighted by Gasteiger charge is 2.32. The number of carbonyl (C=O) groups excluding carboxylic acids is 1. The zero-order valence-corrected chi connectivity index (χ0v) is 8.07. The number of hydrogen-bond acceptors (Lipinski definition) is 1. The van der Waals surface area contributed by atoms with Crippen molar-refractivity contribution in [1.82, 2.24) is 0 Å². The molecule has 0 aliphatic heterocycles. The van der Waals surface area contributed by atoms with Crippen molar-refractivity contribution in [3.63, 3.8) is 0 Å². The molecule has 0 atom stereocenters. The van der Waals surface area contributed by atoms with Crippen molar-refractivity contribution in [3.05, 3.63) is 34.6 Å². The van der Waals surface area contributed by atoms with Crippen LogP contribution in [0.1, 0.15) is 28.4 Å². The van der Waals surface area contributed by atoms with E-state index in [1.165, 1.54) is 6.92 Å². The van der Waals surface area contributed by atoms with Gasteiger partial charge in [-0.25, -0.2) is 4.39 Å². The highest BCUT2D eigenvalue weighted by molar-refractivity contribution is 5.95. The van der Waals surface area contributed by atoms with Crippen LogP contribution in [-0.2, 0) is 6.18 Å². The fourth-order valence-electron chi connectivity index (χ4n) is 1.21. The van der Waals surface area contributed by atoms with E-state index in [-0.39, 0.29) is 11.1 Å². The molecule has 1 nitrogen and oxygen atoms in total. The van der Waals surface area contributed by atoms with Crippen LogP contribution in [0.3, 0.4) is 0 Å². The van der Waals surface area contributed by atoms with Crippen LogP contribution in [0.25, 0.3) is 0 Å². The predicted octanol–water partition coefficient (Wildman–Crippen LogP) is 3.36. The molecule has 0 fully saturated rings. The third-order valence-corrected chi connectivity index (χ3v) is 2.05. The van der Waals surface area contributed by atoms with Crippen molar-refractivity contribution in [2.24, 2.45) is 0 Å². The number of ketones is 1. The van der Waals surface area contributed by atoms with Gasteiger partial charge in [0.15, 0.2) is 5.78 Å². The molecule has 1 aromatic carbocycles. The smallest absolute Gasteiger partial charge is 0.294 e. The maximum absolute atomic E-state index is 13.1. The van der Waals surface area contributed by atoms with Crippen molar-refractivity contribution in [3.8, 4) is 0 Å². The van der Waals surface area contributed by atoms with Gasteiger partial charge in [0.05, 0.1) is 5.56 Å². The number of carbonyl (C=O) groups is 1. The topological polar surface area (TPSA) is 17.1 Å². The van der Waals surface area contributed by atoms with Crippen LogP contribution < -0.4 is 0 Å². The maximum Gasteiger partial charge on any atom is 0.416 e. The molecule has 5 heteroatoms. The largest absolute Gasteiger partial charge is 0.416 e. The van der Waals surface area contributed by atoms with Crippen molar-refractivity contribution in [2.45, 2.75) is 20.0 Å². The van der Waals surface area contributed by atoms with Crippen LogP contribution in [0.15, 0.2) is 12.1 Å². The molecule has 0 aromatic heterocycles. The van der Waals surface area contributed by atoms with Crippen LogP contribution in [0.5, 0.6) is 0 Å². The maximum atomic E-state index is 13.1. The van der Waals surface area contributed by atoms with Gasteiger partial charge in [0, 0.05) is 5.56 Å². The number of halogens is 4. The standard InChI is InChI=1S/C10H8F4O/c1-5-8(6(2)15)3-7(4-9(5)11)10(12,13)14/h3-4H,1-2H3.